The van der Waals surface area contributed by atoms with Crippen molar-refractivity contribution in [3.8, 4) is 0 Å². The van der Waals surface area contributed by atoms with E-state index in [2.05, 4.69) is 5.32 Å². The molecule has 7 heteroatoms. The van der Waals surface area contributed by atoms with Crippen LogP contribution < -0.4 is 5.32 Å². The van der Waals surface area contributed by atoms with E-state index in [0.717, 1.165) is 12.1 Å². The van der Waals surface area contributed by atoms with Gasteiger partial charge in [0, 0.05) is 19.0 Å². The van der Waals surface area contributed by atoms with Crippen LogP contribution in [0.4, 0.5) is 8.78 Å². The van der Waals surface area contributed by atoms with E-state index in [9.17, 15) is 18.4 Å². The number of halogens is 2. The van der Waals surface area contributed by atoms with Crippen molar-refractivity contribution in [2.75, 3.05) is 6.54 Å². The molecule has 0 bridgehead atoms. The average molecular weight is 273 g/mol. The lowest BCUT2D eigenvalue weighted by Gasteiger charge is -2.08. The Morgan fingerprint density at radius 3 is 2.58 bits per heavy atom. The maximum atomic E-state index is 13.2. The number of hydrogen-bond donors (Lipinski definition) is 3. The zero-order valence-electron chi connectivity index (χ0n) is 9.90. The summed E-state index contributed by atoms with van der Waals surface area (Å²) in [6.07, 6.45) is -1.98. The van der Waals surface area contributed by atoms with Crippen molar-refractivity contribution in [3.63, 3.8) is 0 Å². The molecule has 5 nitrogen and oxygen atoms in total. The number of rotatable bonds is 6. The molecule has 19 heavy (non-hydrogen) atoms. The third-order valence-electron chi connectivity index (χ3n) is 2.39. The Kier molecular flexibility index (Phi) is 5.37. The van der Waals surface area contributed by atoms with Crippen molar-refractivity contribution >= 4 is 11.9 Å². The normalized spacial score (nSPS) is 11.9. The lowest BCUT2D eigenvalue weighted by molar-refractivity contribution is -0.147. The maximum absolute atomic E-state index is 13.2. The summed E-state index contributed by atoms with van der Waals surface area (Å²) in [7, 11) is 0. The number of benzene rings is 1. The van der Waals surface area contributed by atoms with Crippen LogP contribution in [-0.4, -0.2) is 34.7 Å². The van der Waals surface area contributed by atoms with Gasteiger partial charge in [0.05, 0.1) is 6.42 Å². The van der Waals surface area contributed by atoms with Crippen LogP contribution in [0.2, 0.25) is 0 Å². The molecule has 1 atom stereocenters. The molecule has 0 aromatic heterocycles. The molecule has 3 N–H and O–H groups in total. The largest absolute Gasteiger partial charge is 0.479 e. The number of carboxylic acid groups (broad SMARTS) is 1. The molecule has 0 heterocycles. The Morgan fingerprint density at radius 1 is 1.32 bits per heavy atom. The maximum Gasteiger partial charge on any atom is 0.332 e. The zero-order chi connectivity index (χ0) is 14.4. The van der Waals surface area contributed by atoms with E-state index >= 15 is 0 Å². The van der Waals surface area contributed by atoms with E-state index in [1.54, 1.807) is 0 Å². The molecule has 0 aliphatic rings. The molecule has 0 unspecified atom stereocenters. The van der Waals surface area contributed by atoms with Gasteiger partial charge in [0.15, 0.2) is 6.10 Å². The minimum Gasteiger partial charge on any atom is -0.479 e. The number of amides is 1. The van der Waals surface area contributed by atoms with Crippen molar-refractivity contribution < 1.29 is 28.6 Å². The first-order valence-corrected chi connectivity index (χ1v) is 5.51. The van der Waals surface area contributed by atoms with Crippen molar-refractivity contribution in [3.05, 3.63) is 35.4 Å². The van der Waals surface area contributed by atoms with Gasteiger partial charge in [-0.05, 0) is 11.6 Å². The van der Waals surface area contributed by atoms with Gasteiger partial charge in [-0.1, -0.05) is 6.07 Å². The second-order valence-electron chi connectivity index (χ2n) is 3.91. The van der Waals surface area contributed by atoms with Crippen molar-refractivity contribution in [2.45, 2.75) is 18.9 Å². The van der Waals surface area contributed by atoms with Gasteiger partial charge in [0.2, 0.25) is 5.91 Å². The fourth-order valence-electron chi connectivity index (χ4n) is 1.37. The van der Waals surface area contributed by atoms with E-state index in [4.69, 9.17) is 10.2 Å². The highest BCUT2D eigenvalue weighted by atomic mass is 19.1. The molecule has 0 spiro atoms. The van der Waals surface area contributed by atoms with Gasteiger partial charge in [-0.3, -0.25) is 4.79 Å². The summed E-state index contributed by atoms with van der Waals surface area (Å²) in [6.45, 7) is -0.0465. The topological polar surface area (TPSA) is 86.6 Å². The fraction of sp³-hybridized carbons (Fsp3) is 0.333. The molecular formula is C12H13F2NO4. The number of nitrogens with one attached hydrogen (secondary N) is 1. The van der Waals surface area contributed by atoms with Crippen LogP contribution in [0, 0.1) is 11.6 Å². The molecule has 1 rings (SSSR count). The Hall–Kier alpha value is -2.02. The third kappa shape index (κ3) is 5.01. The predicted octanol–water partition coefficient (Wildman–Crippen LogP) is 0.459. The quantitative estimate of drug-likeness (QED) is 0.702. The van der Waals surface area contributed by atoms with Crippen molar-refractivity contribution in [2.24, 2.45) is 0 Å². The standard InChI is InChI=1S/C12H13F2NO4/c13-8-2-1-7(9(14)6-8)5-11(17)15-4-3-10(16)12(18)19/h1-2,6,10,16H,3-5H2,(H,15,17)(H,18,19)/t10-/m0/s1. The van der Waals surface area contributed by atoms with Crippen LogP contribution in [0.3, 0.4) is 0 Å². The average Bonchev–Trinajstić information content (AvgIpc) is 2.32. The van der Waals surface area contributed by atoms with E-state index in [0.29, 0.717) is 6.07 Å². The molecule has 0 fully saturated rings. The molecular weight excluding hydrogens is 260 g/mol. The Bertz CT molecular complexity index is 479. The lowest BCUT2D eigenvalue weighted by Crippen LogP contribution is -2.31. The molecule has 1 aromatic carbocycles. The van der Waals surface area contributed by atoms with Gasteiger partial charge in [-0.15, -0.1) is 0 Å². The molecule has 0 aliphatic heterocycles. The Morgan fingerprint density at radius 2 is 2.00 bits per heavy atom. The first-order chi connectivity index (χ1) is 8.90. The summed E-state index contributed by atoms with van der Waals surface area (Å²) in [5.74, 6) is -3.46. The van der Waals surface area contributed by atoms with Gasteiger partial charge in [-0.25, -0.2) is 13.6 Å². The van der Waals surface area contributed by atoms with E-state index in [1.807, 2.05) is 0 Å². The highest BCUT2D eigenvalue weighted by Crippen LogP contribution is 2.09. The summed E-state index contributed by atoms with van der Waals surface area (Å²) < 4.78 is 25.9. The van der Waals surface area contributed by atoms with Crippen molar-refractivity contribution in [1.82, 2.24) is 5.32 Å². The van der Waals surface area contributed by atoms with E-state index in [-0.39, 0.29) is 24.9 Å². The second-order valence-corrected chi connectivity index (χ2v) is 3.91. The number of carbonyl (C=O) groups excluding carboxylic acids is 1. The zero-order valence-corrected chi connectivity index (χ0v) is 9.90. The van der Waals surface area contributed by atoms with Crippen LogP contribution in [-0.2, 0) is 16.0 Å². The molecule has 0 saturated carbocycles. The summed E-state index contributed by atoms with van der Waals surface area (Å²) in [6, 6.07) is 2.88. The first kappa shape index (κ1) is 15.0. The van der Waals surface area contributed by atoms with Gasteiger partial charge in [0.1, 0.15) is 11.6 Å². The lowest BCUT2D eigenvalue weighted by atomic mass is 10.1. The van der Waals surface area contributed by atoms with Crippen LogP contribution in [0.1, 0.15) is 12.0 Å². The van der Waals surface area contributed by atoms with Crippen LogP contribution in [0.15, 0.2) is 18.2 Å². The number of carboxylic acids is 1. The van der Waals surface area contributed by atoms with Gasteiger partial charge >= 0.3 is 5.97 Å². The number of aliphatic hydroxyl groups is 1. The molecule has 1 amide bonds. The van der Waals surface area contributed by atoms with Crippen LogP contribution >= 0.6 is 0 Å². The monoisotopic (exact) mass is 273 g/mol. The number of hydrogen-bond acceptors (Lipinski definition) is 3. The Labute approximate surface area is 107 Å². The fourth-order valence-corrected chi connectivity index (χ4v) is 1.37. The SMILES string of the molecule is O=C(Cc1ccc(F)cc1F)NCC[C@H](O)C(=O)O. The smallest absolute Gasteiger partial charge is 0.332 e. The highest BCUT2D eigenvalue weighted by molar-refractivity contribution is 5.78. The predicted molar refractivity (Wildman–Crippen MR) is 61.3 cm³/mol. The molecule has 1 aromatic rings. The number of carbonyl (C=O) groups is 2. The third-order valence-corrected chi connectivity index (χ3v) is 2.39. The summed E-state index contributed by atoms with van der Waals surface area (Å²) in [5.41, 5.74) is 0.0395. The molecule has 0 saturated heterocycles. The van der Waals surface area contributed by atoms with Crippen molar-refractivity contribution in [1.29, 1.82) is 0 Å². The molecule has 104 valence electrons. The molecule has 0 aliphatic carbocycles. The number of aliphatic hydroxyl groups excluding tert-OH is 1. The summed E-state index contributed by atoms with van der Waals surface area (Å²) >= 11 is 0. The number of aliphatic carboxylic acids is 1. The molecule has 0 radical (unpaired) electrons. The minimum absolute atomic E-state index is 0.0395. The van der Waals surface area contributed by atoms with Crippen LogP contribution in [0.5, 0.6) is 0 Å². The summed E-state index contributed by atoms with van der Waals surface area (Å²) in [5, 5.41) is 19.7. The van der Waals surface area contributed by atoms with E-state index in [1.165, 1.54) is 0 Å². The van der Waals surface area contributed by atoms with Gasteiger partial charge in [-0.2, -0.15) is 0 Å². The first-order valence-electron chi connectivity index (χ1n) is 5.51. The highest BCUT2D eigenvalue weighted by Gasteiger charge is 2.13. The minimum atomic E-state index is -1.55. The Balaban J connectivity index is 2.41. The van der Waals surface area contributed by atoms with Crippen LogP contribution in [0.25, 0.3) is 0 Å². The van der Waals surface area contributed by atoms with E-state index < -0.39 is 29.6 Å². The van der Waals surface area contributed by atoms with Gasteiger partial charge in [0.25, 0.3) is 0 Å². The summed E-state index contributed by atoms with van der Waals surface area (Å²) in [4.78, 5) is 21.7. The second kappa shape index (κ2) is 6.79. The van der Waals surface area contributed by atoms with Gasteiger partial charge < -0.3 is 15.5 Å².